The Balaban J connectivity index is 1.52. The van der Waals surface area contributed by atoms with E-state index in [-0.39, 0.29) is 0 Å². The molecule has 0 amide bonds. The average molecular weight is 460 g/mol. The molecule has 5 aromatic carbocycles. The number of benzene rings is 5. The molecular formula is C32H17N3O. The first-order valence-electron chi connectivity index (χ1n) is 11.7. The Bertz CT molecular complexity index is 2080. The summed E-state index contributed by atoms with van der Waals surface area (Å²) in [5, 5.41) is 24.0. The lowest BCUT2D eigenvalue weighted by Gasteiger charge is -2.13. The third kappa shape index (κ3) is 2.79. The number of para-hydroxylation sites is 2. The molecule has 4 heteroatoms. The van der Waals surface area contributed by atoms with Gasteiger partial charge in [-0.25, -0.2) is 0 Å². The van der Waals surface area contributed by atoms with E-state index >= 15 is 0 Å². The third-order valence-corrected chi connectivity index (χ3v) is 6.88. The van der Waals surface area contributed by atoms with E-state index in [9.17, 15) is 10.5 Å². The smallest absolute Gasteiger partial charge is 0.135 e. The maximum absolute atomic E-state index is 10.4. The van der Waals surface area contributed by atoms with Gasteiger partial charge in [0.15, 0.2) is 0 Å². The average Bonchev–Trinajstić information content (AvgIpc) is 3.47. The highest BCUT2D eigenvalue weighted by Crippen LogP contribution is 2.38. The second kappa shape index (κ2) is 7.60. The van der Waals surface area contributed by atoms with Crippen LogP contribution in [0.25, 0.3) is 60.6 Å². The van der Waals surface area contributed by atoms with E-state index in [0.29, 0.717) is 11.1 Å². The van der Waals surface area contributed by atoms with Crippen molar-refractivity contribution in [3.8, 4) is 29.0 Å². The Morgan fingerprint density at radius 1 is 0.583 bits per heavy atom. The van der Waals surface area contributed by atoms with Gasteiger partial charge in [0.05, 0.1) is 33.9 Å². The van der Waals surface area contributed by atoms with Crippen LogP contribution in [0.2, 0.25) is 0 Å². The normalized spacial score (nSPS) is 11.3. The van der Waals surface area contributed by atoms with Crippen molar-refractivity contribution in [3.63, 3.8) is 0 Å². The van der Waals surface area contributed by atoms with Crippen LogP contribution >= 0.6 is 0 Å². The van der Waals surface area contributed by atoms with E-state index in [1.807, 2.05) is 78.9 Å². The zero-order valence-electron chi connectivity index (χ0n) is 19.1. The first kappa shape index (κ1) is 20.1. The van der Waals surface area contributed by atoms with Crippen LogP contribution in [0.5, 0.6) is 0 Å². The van der Waals surface area contributed by atoms with E-state index in [1.165, 1.54) is 0 Å². The van der Waals surface area contributed by atoms with Gasteiger partial charge >= 0.3 is 0 Å². The summed E-state index contributed by atoms with van der Waals surface area (Å²) in [5.74, 6) is 0. The van der Waals surface area contributed by atoms with Crippen LogP contribution < -0.4 is 0 Å². The molecule has 4 nitrogen and oxygen atoms in total. The standard InChI is InChI=1S/C32H17N3O/c33-18-20-12-14-30-25(16-20)23-6-1-3-9-28(23)35(30)29-10-5-8-22(27(29)19-34)21-13-15-32-26(17-21)24-7-2-4-11-31(24)36-32/h1-17H. The number of hydrogen-bond acceptors (Lipinski definition) is 3. The van der Waals surface area contributed by atoms with Crippen molar-refractivity contribution in [2.24, 2.45) is 0 Å². The van der Waals surface area contributed by atoms with Crippen molar-refractivity contribution < 1.29 is 4.42 Å². The fourth-order valence-corrected chi connectivity index (χ4v) is 5.28. The van der Waals surface area contributed by atoms with Crippen LogP contribution in [-0.4, -0.2) is 4.57 Å². The zero-order valence-corrected chi connectivity index (χ0v) is 19.1. The molecular weight excluding hydrogens is 442 g/mol. The maximum atomic E-state index is 10.4. The lowest BCUT2D eigenvalue weighted by atomic mass is 9.97. The summed E-state index contributed by atoms with van der Waals surface area (Å²) < 4.78 is 8.13. The molecule has 0 saturated carbocycles. The van der Waals surface area contributed by atoms with Gasteiger partial charge in [0.1, 0.15) is 17.2 Å². The summed E-state index contributed by atoms with van der Waals surface area (Å²) in [6, 6.07) is 38.6. The van der Waals surface area contributed by atoms with E-state index in [4.69, 9.17) is 4.42 Å². The van der Waals surface area contributed by atoms with Crippen molar-refractivity contribution >= 4 is 43.7 Å². The van der Waals surface area contributed by atoms with Crippen LogP contribution in [0.15, 0.2) is 108 Å². The van der Waals surface area contributed by atoms with Crippen molar-refractivity contribution in [1.82, 2.24) is 4.57 Å². The Hall–Kier alpha value is -5.32. The SMILES string of the molecule is N#Cc1ccc2c(c1)c1ccccc1n2-c1cccc(-c2ccc3oc4ccccc4c3c2)c1C#N. The van der Waals surface area contributed by atoms with E-state index in [0.717, 1.165) is 60.6 Å². The number of rotatable bonds is 2. The molecule has 166 valence electrons. The fraction of sp³-hybridized carbons (Fsp3) is 0. The van der Waals surface area contributed by atoms with E-state index < -0.39 is 0 Å². The highest BCUT2D eigenvalue weighted by Gasteiger charge is 2.18. The summed E-state index contributed by atoms with van der Waals surface area (Å²) in [4.78, 5) is 0. The Labute approximate surface area is 206 Å². The van der Waals surface area contributed by atoms with Gasteiger partial charge in [-0.05, 0) is 54.1 Å². The molecule has 0 aliphatic heterocycles. The number of nitriles is 2. The molecule has 0 aliphatic rings. The topological polar surface area (TPSA) is 65.7 Å². The molecule has 0 aliphatic carbocycles. The number of hydrogen-bond donors (Lipinski definition) is 0. The second-order valence-corrected chi connectivity index (χ2v) is 8.82. The summed E-state index contributed by atoms with van der Waals surface area (Å²) in [7, 11) is 0. The summed E-state index contributed by atoms with van der Waals surface area (Å²) in [5.41, 5.74) is 7.46. The lowest BCUT2D eigenvalue weighted by Crippen LogP contribution is -1.99. The Kier molecular flexibility index (Phi) is 4.24. The quantitative estimate of drug-likeness (QED) is 0.262. The monoisotopic (exact) mass is 459 g/mol. The largest absolute Gasteiger partial charge is 0.456 e. The number of fused-ring (bicyclic) bond motifs is 6. The summed E-state index contributed by atoms with van der Waals surface area (Å²) in [6.45, 7) is 0. The highest BCUT2D eigenvalue weighted by atomic mass is 16.3. The first-order chi connectivity index (χ1) is 17.8. The maximum Gasteiger partial charge on any atom is 0.135 e. The molecule has 0 radical (unpaired) electrons. The van der Waals surface area contributed by atoms with Gasteiger partial charge in [0, 0.05) is 27.1 Å². The molecule has 36 heavy (non-hydrogen) atoms. The highest BCUT2D eigenvalue weighted by molar-refractivity contribution is 6.10. The zero-order chi connectivity index (χ0) is 24.2. The van der Waals surface area contributed by atoms with Crippen LogP contribution in [-0.2, 0) is 0 Å². The predicted octanol–water partition coefficient (Wildman–Crippen LogP) is 8.09. The second-order valence-electron chi connectivity index (χ2n) is 8.82. The van der Waals surface area contributed by atoms with E-state index in [2.05, 4.69) is 41.0 Å². The molecule has 0 unspecified atom stereocenters. The van der Waals surface area contributed by atoms with Crippen molar-refractivity contribution in [2.45, 2.75) is 0 Å². The van der Waals surface area contributed by atoms with Gasteiger partial charge < -0.3 is 8.98 Å². The minimum atomic E-state index is 0.594. The predicted molar refractivity (Wildman–Crippen MR) is 143 cm³/mol. The van der Waals surface area contributed by atoms with Crippen LogP contribution in [0.3, 0.4) is 0 Å². The minimum Gasteiger partial charge on any atom is -0.456 e. The molecule has 2 aromatic heterocycles. The number of aromatic nitrogens is 1. The Morgan fingerprint density at radius 3 is 2.22 bits per heavy atom. The van der Waals surface area contributed by atoms with Crippen molar-refractivity contribution in [1.29, 1.82) is 10.5 Å². The number of furan rings is 1. The minimum absolute atomic E-state index is 0.594. The molecule has 7 aromatic rings. The molecule has 2 heterocycles. The van der Waals surface area contributed by atoms with Crippen LogP contribution in [0.1, 0.15) is 11.1 Å². The summed E-state index contributed by atoms with van der Waals surface area (Å²) >= 11 is 0. The Morgan fingerprint density at radius 2 is 1.36 bits per heavy atom. The lowest BCUT2D eigenvalue weighted by molar-refractivity contribution is 0.669. The molecule has 0 spiro atoms. The van der Waals surface area contributed by atoms with E-state index in [1.54, 1.807) is 0 Å². The fourth-order valence-electron chi connectivity index (χ4n) is 5.28. The first-order valence-corrected chi connectivity index (χ1v) is 11.7. The van der Waals surface area contributed by atoms with Gasteiger partial charge in [-0.2, -0.15) is 10.5 Å². The molecule has 0 bridgehead atoms. The van der Waals surface area contributed by atoms with Crippen LogP contribution in [0.4, 0.5) is 0 Å². The molecule has 0 atom stereocenters. The van der Waals surface area contributed by atoms with Gasteiger partial charge in [0.25, 0.3) is 0 Å². The third-order valence-electron chi connectivity index (χ3n) is 6.88. The summed E-state index contributed by atoms with van der Waals surface area (Å²) in [6.07, 6.45) is 0. The van der Waals surface area contributed by atoms with Gasteiger partial charge in [-0.1, -0.05) is 54.6 Å². The van der Waals surface area contributed by atoms with Crippen molar-refractivity contribution in [3.05, 3.63) is 114 Å². The molecule has 0 N–H and O–H groups in total. The van der Waals surface area contributed by atoms with Crippen LogP contribution in [0, 0.1) is 22.7 Å². The molecule has 7 rings (SSSR count). The molecule has 0 fully saturated rings. The van der Waals surface area contributed by atoms with Gasteiger partial charge in [0.2, 0.25) is 0 Å². The molecule has 0 saturated heterocycles. The van der Waals surface area contributed by atoms with Gasteiger partial charge in [-0.15, -0.1) is 0 Å². The van der Waals surface area contributed by atoms with Crippen molar-refractivity contribution in [2.75, 3.05) is 0 Å². The number of nitrogens with zero attached hydrogens (tertiary/aromatic N) is 3. The van der Waals surface area contributed by atoms with Gasteiger partial charge in [-0.3, -0.25) is 0 Å².